The van der Waals surface area contributed by atoms with E-state index < -0.39 is 0 Å². The second kappa shape index (κ2) is 5.69. The third-order valence-corrected chi connectivity index (χ3v) is 4.92. The second-order valence-electron chi connectivity index (χ2n) is 7.18. The maximum atomic E-state index is 6.41. The molecular weight excluding hydrogens is 274 g/mol. The lowest BCUT2D eigenvalue weighted by molar-refractivity contribution is -0.0292. The standard InChI is InChI=1S/C19H27NO2/c1-12(2)16-11-21-18(20-16)17-14(5)19(17,22-13(3)4)15-9-7-6-8-10-15/h6-10,12-14,16-17H,11H2,1-5H3/t14?,16-,17?,19?/m1/s1. The lowest BCUT2D eigenvalue weighted by Crippen LogP contribution is -2.23. The van der Waals surface area contributed by atoms with Crippen LogP contribution in [0.15, 0.2) is 35.3 Å². The van der Waals surface area contributed by atoms with Crippen molar-refractivity contribution in [2.75, 3.05) is 6.61 Å². The summed E-state index contributed by atoms with van der Waals surface area (Å²) >= 11 is 0. The zero-order valence-corrected chi connectivity index (χ0v) is 14.2. The van der Waals surface area contributed by atoms with Crippen molar-refractivity contribution in [3.05, 3.63) is 35.9 Å². The van der Waals surface area contributed by atoms with Gasteiger partial charge in [-0.15, -0.1) is 0 Å². The number of aliphatic imine (C=N–C) groups is 1. The molecule has 0 N–H and O–H groups in total. The van der Waals surface area contributed by atoms with Gasteiger partial charge in [-0.05, 0) is 25.3 Å². The molecule has 1 saturated carbocycles. The van der Waals surface area contributed by atoms with Crippen LogP contribution in [0, 0.1) is 17.8 Å². The van der Waals surface area contributed by atoms with Gasteiger partial charge >= 0.3 is 0 Å². The highest BCUT2D eigenvalue weighted by Crippen LogP contribution is 2.62. The van der Waals surface area contributed by atoms with Crippen LogP contribution in [0.25, 0.3) is 0 Å². The molecule has 1 aromatic carbocycles. The average molecular weight is 301 g/mol. The van der Waals surface area contributed by atoms with Gasteiger partial charge in [0.2, 0.25) is 0 Å². The van der Waals surface area contributed by atoms with Crippen LogP contribution in [0.3, 0.4) is 0 Å². The van der Waals surface area contributed by atoms with Crippen molar-refractivity contribution in [3.63, 3.8) is 0 Å². The summed E-state index contributed by atoms with van der Waals surface area (Å²) in [5.41, 5.74) is 0.959. The maximum absolute atomic E-state index is 6.41. The van der Waals surface area contributed by atoms with Crippen LogP contribution >= 0.6 is 0 Å². The topological polar surface area (TPSA) is 30.8 Å². The van der Waals surface area contributed by atoms with Gasteiger partial charge in [-0.2, -0.15) is 0 Å². The van der Waals surface area contributed by atoms with Crippen molar-refractivity contribution >= 4 is 5.90 Å². The number of ether oxygens (including phenoxy) is 2. The Morgan fingerprint density at radius 2 is 1.86 bits per heavy atom. The summed E-state index contributed by atoms with van der Waals surface area (Å²) in [5, 5.41) is 0. The van der Waals surface area contributed by atoms with E-state index in [9.17, 15) is 0 Å². The number of benzene rings is 1. The monoisotopic (exact) mass is 301 g/mol. The summed E-state index contributed by atoms with van der Waals surface area (Å²) in [6, 6.07) is 10.8. The molecule has 1 fully saturated rings. The van der Waals surface area contributed by atoms with Crippen LogP contribution in [0.1, 0.15) is 40.2 Å². The Bertz CT molecular complexity index is 552. The van der Waals surface area contributed by atoms with E-state index in [1.807, 2.05) is 6.07 Å². The van der Waals surface area contributed by atoms with Gasteiger partial charge in [0.25, 0.3) is 0 Å². The number of nitrogens with zero attached hydrogens (tertiary/aromatic N) is 1. The molecular formula is C19H27NO2. The van der Waals surface area contributed by atoms with Gasteiger partial charge in [-0.25, -0.2) is 4.99 Å². The van der Waals surface area contributed by atoms with Crippen LogP contribution in [-0.4, -0.2) is 24.7 Å². The maximum Gasteiger partial charge on any atom is 0.190 e. The van der Waals surface area contributed by atoms with Gasteiger partial charge in [0.15, 0.2) is 5.90 Å². The normalized spacial score (nSPS) is 34.0. The van der Waals surface area contributed by atoms with Crippen molar-refractivity contribution < 1.29 is 9.47 Å². The highest BCUT2D eigenvalue weighted by molar-refractivity contribution is 5.86. The summed E-state index contributed by atoms with van der Waals surface area (Å²) in [5.74, 6) is 2.04. The molecule has 4 atom stereocenters. The molecule has 1 heterocycles. The van der Waals surface area contributed by atoms with Crippen molar-refractivity contribution in [1.29, 1.82) is 0 Å². The molecule has 120 valence electrons. The van der Waals surface area contributed by atoms with E-state index in [1.54, 1.807) is 0 Å². The fourth-order valence-electron chi connectivity index (χ4n) is 3.63. The van der Waals surface area contributed by atoms with Gasteiger partial charge in [0.1, 0.15) is 12.2 Å². The molecule has 1 aliphatic heterocycles. The van der Waals surface area contributed by atoms with Gasteiger partial charge in [0.05, 0.1) is 18.1 Å². The molecule has 0 spiro atoms. The van der Waals surface area contributed by atoms with E-state index >= 15 is 0 Å². The molecule has 3 nitrogen and oxygen atoms in total. The fourth-order valence-corrected chi connectivity index (χ4v) is 3.63. The predicted molar refractivity (Wildman–Crippen MR) is 89.0 cm³/mol. The predicted octanol–water partition coefficient (Wildman–Crippen LogP) is 4.03. The molecule has 0 saturated heterocycles. The van der Waals surface area contributed by atoms with E-state index in [4.69, 9.17) is 14.5 Å². The first-order chi connectivity index (χ1) is 10.5. The minimum Gasteiger partial charge on any atom is -0.478 e. The lowest BCUT2D eigenvalue weighted by Gasteiger charge is -2.22. The molecule has 2 aliphatic rings. The smallest absolute Gasteiger partial charge is 0.190 e. The third kappa shape index (κ3) is 2.45. The molecule has 3 rings (SSSR count). The highest BCUT2D eigenvalue weighted by atomic mass is 16.5. The van der Waals surface area contributed by atoms with Crippen molar-refractivity contribution in [1.82, 2.24) is 0 Å². The Morgan fingerprint density at radius 3 is 2.41 bits per heavy atom. The van der Waals surface area contributed by atoms with Crippen LogP contribution < -0.4 is 0 Å². The van der Waals surface area contributed by atoms with Gasteiger partial charge in [-0.3, -0.25) is 0 Å². The number of hydrogen-bond acceptors (Lipinski definition) is 3. The summed E-state index contributed by atoms with van der Waals surface area (Å²) in [7, 11) is 0. The zero-order valence-electron chi connectivity index (χ0n) is 14.2. The van der Waals surface area contributed by atoms with Gasteiger partial charge in [-0.1, -0.05) is 51.1 Å². The SMILES string of the molecule is CC(C)OC1(c2ccccc2)C(C)C1C1=N[C@@H](C(C)C)CO1. The largest absolute Gasteiger partial charge is 0.478 e. The fraction of sp³-hybridized carbons (Fsp3) is 0.632. The van der Waals surface area contributed by atoms with Crippen molar-refractivity contribution in [2.24, 2.45) is 22.7 Å². The molecule has 1 aromatic rings. The minimum absolute atomic E-state index is 0.176. The quantitative estimate of drug-likeness (QED) is 0.822. The summed E-state index contributed by atoms with van der Waals surface area (Å²) in [6.45, 7) is 11.6. The van der Waals surface area contributed by atoms with Crippen LogP contribution in [0.5, 0.6) is 0 Å². The molecule has 1 aliphatic carbocycles. The number of hydrogen-bond donors (Lipinski definition) is 0. The van der Waals surface area contributed by atoms with E-state index in [-0.39, 0.29) is 23.7 Å². The van der Waals surface area contributed by atoms with Crippen LogP contribution in [0.2, 0.25) is 0 Å². The van der Waals surface area contributed by atoms with E-state index in [0.29, 0.717) is 18.4 Å². The van der Waals surface area contributed by atoms with E-state index in [0.717, 1.165) is 5.90 Å². The Morgan fingerprint density at radius 1 is 1.18 bits per heavy atom. The van der Waals surface area contributed by atoms with E-state index in [1.165, 1.54) is 5.56 Å². The van der Waals surface area contributed by atoms with E-state index in [2.05, 4.69) is 58.9 Å². The van der Waals surface area contributed by atoms with Crippen molar-refractivity contribution in [2.45, 2.75) is 52.4 Å². The Kier molecular flexibility index (Phi) is 4.02. The Balaban J connectivity index is 1.91. The van der Waals surface area contributed by atoms with Crippen molar-refractivity contribution in [3.8, 4) is 0 Å². The molecule has 0 amide bonds. The second-order valence-corrected chi connectivity index (χ2v) is 7.18. The molecule has 3 heteroatoms. The summed E-state index contributed by atoms with van der Waals surface area (Å²) in [4.78, 5) is 4.84. The molecule has 22 heavy (non-hydrogen) atoms. The first-order valence-corrected chi connectivity index (χ1v) is 8.40. The van der Waals surface area contributed by atoms with Gasteiger partial charge in [0, 0.05) is 5.92 Å². The lowest BCUT2D eigenvalue weighted by atomic mass is 10.0. The Hall–Kier alpha value is -1.35. The Labute approximate surface area is 133 Å². The van der Waals surface area contributed by atoms with Crippen LogP contribution in [-0.2, 0) is 15.1 Å². The molecule has 3 unspecified atom stereocenters. The minimum atomic E-state index is -0.278. The molecule has 0 radical (unpaired) electrons. The zero-order chi connectivity index (χ0) is 15.9. The van der Waals surface area contributed by atoms with Crippen LogP contribution in [0.4, 0.5) is 0 Å². The summed E-state index contributed by atoms with van der Waals surface area (Å²) < 4.78 is 12.4. The first kappa shape index (κ1) is 15.5. The molecule has 0 bridgehead atoms. The highest BCUT2D eigenvalue weighted by Gasteiger charge is 2.68. The average Bonchev–Trinajstić information content (AvgIpc) is 2.88. The third-order valence-electron chi connectivity index (χ3n) is 4.92. The first-order valence-electron chi connectivity index (χ1n) is 8.40. The van der Waals surface area contributed by atoms with Gasteiger partial charge < -0.3 is 9.47 Å². The summed E-state index contributed by atoms with van der Waals surface area (Å²) in [6.07, 6.45) is 0.176. The molecule has 0 aromatic heterocycles. The number of rotatable bonds is 5.